The highest BCUT2D eigenvalue weighted by molar-refractivity contribution is 7.89. The molecule has 0 aliphatic carbocycles. The van der Waals surface area contributed by atoms with E-state index in [-0.39, 0.29) is 10.6 Å². The molecule has 0 saturated carbocycles. The van der Waals surface area contributed by atoms with Crippen LogP contribution in [-0.4, -0.2) is 30.9 Å². The summed E-state index contributed by atoms with van der Waals surface area (Å²) >= 11 is 0. The average Bonchev–Trinajstić information content (AvgIpc) is 2.74. The summed E-state index contributed by atoms with van der Waals surface area (Å²) in [7, 11) is -3.45. The first-order valence-electron chi connectivity index (χ1n) is 9.28. The van der Waals surface area contributed by atoms with E-state index in [4.69, 9.17) is 0 Å². The van der Waals surface area contributed by atoms with Gasteiger partial charge in [0.1, 0.15) is 5.75 Å². The number of hydrogen-bond acceptors (Lipinski definition) is 5. The fourth-order valence-electron chi connectivity index (χ4n) is 3.41. The lowest BCUT2D eigenvalue weighted by molar-refractivity contribution is 0.346. The van der Waals surface area contributed by atoms with Crippen LogP contribution in [0.2, 0.25) is 0 Å². The summed E-state index contributed by atoms with van der Waals surface area (Å²) in [4.78, 5) is 0.281. The molecule has 0 amide bonds. The highest BCUT2D eigenvalue weighted by Gasteiger charge is 2.25. The molecule has 1 heterocycles. The minimum Gasteiger partial charge on any atom is -0.507 e. The molecule has 1 saturated heterocycles. The molecule has 0 spiro atoms. The van der Waals surface area contributed by atoms with Crippen LogP contribution in [0.15, 0.2) is 75.8 Å². The average molecular weight is 395 g/mol. The van der Waals surface area contributed by atoms with Crippen LogP contribution in [0, 0.1) is 0 Å². The molecule has 4 rings (SSSR count). The second kappa shape index (κ2) is 7.69. The number of benzene rings is 3. The van der Waals surface area contributed by atoms with Gasteiger partial charge in [0.2, 0.25) is 10.0 Å². The normalized spacial score (nSPS) is 16.0. The number of hydrogen-bond donors (Lipinski definition) is 1. The summed E-state index contributed by atoms with van der Waals surface area (Å²) in [5.41, 5.74) is 1.20. The van der Waals surface area contributed by atoms with Crippen LogP contribution in [0.1, 0.15) is 19.3 Å². The third-order valence-electron chi connectivity index (χ3n) is 4.94. The number of phenolic OH excluding ortho intramolecular Hbond substituents is 1. The molecule has 3 aromatic rings. The Bertz CT molecular complexity index is 1120. The molecule has 28 heavy (non-hydrogen) atoms. The molecule has 144 valence electrons. The summed E-state index contributed by atoms with van der Waals surface area (Å²) in [6.45, 7) is 1.16. The van der Waals surface area contributed by atoms with Crippen LogP contribution in [0.5, 0.6) is 5.75 Å². The number of nitrogens with zero attached hydrogens (tertiary/aromatic N) is 3. The third kappa shape index (κ3) is 3.63. The van der Waals surface area contributed by atoms with Gasteiger partial charge in [0, 0.05) is 23.9 Å². The monoisotopic (exact) mass is 395 g/mol. The van der Waals surface area contributed by atoms with Crippen molar-refractivity contribution in [1.82, 2.24) is 4.31 Å². The van der Waals surface area contributed by atoms with Crippen molar-refractivity contribution in [1.29, 1.82) is 0 Å². The molecule has 1 aliphatic heterocycles. The van der Waals surface area contributed by atoms with Crippen molar-refractivity contribution < 1.29 is 13.5 Å². The van der Waals surface area contributed by atoms with Crippen LogP contribution >= 0.6 is 0 Å². The predicted molar refractivity (Wildman–Crippen MR) is 109 cm³/mol. The van der Waals surface area contributed by atoms with Crippen molar-refractivity contribution in [2.45, 2.75) is 24.2 Å². The number of aromatic hydroxyl groups is 1. The zero-order valence-electron chi connectivity index (χ0n) is 15.3. The maximum atomic E-state index is 12.7. The Morgan fingerprint density at radius 2 is 1.46 bits per heavy atom. The SMILES string of the molecule is O=S(=O)(c1ccc(N=Nc2ccc(O)c3ccccc23)cc1)N1CCCCC1. The van der Waals surface area contributed by atoms with Crippen molar-refractivity contribution in [3.63, 3.8) is 0 Å². The van der Waals surface area contributed by atoms with Crippen LogP contribution in [0.4, 0.5) is 11.4 Å². The summed E-state index contributed by atoms with van der Waals surface area (Å²) in [5.74, 6) is 0.196. The molecular formula is C21H21N3O3S. The standard InChI is InChI=1S/C21H21N3O3S/c25-21-13-12-20(18-6-2-3-7-19(18)21)23-22-16-8-10-17(11-9-16)28(26,27)24-14-4-1-5-15-24/h2-3,6-13,25H,1,4-5,14-15H2. The van der Waals surface area contributed by atoms with Gasteiger partial charge in [-0.05, 0) is 49.2 Å². The summed E-state index contributed by atoms with van der Waals surface area (Å²) in [6, 6.07) is 17.2. The fraction of sp³-hybridized carbons (Fsp3) is 0.238. The first-order chi connectivity index (χ1) is 13.6. The lowest BCUT2D eigenvalue weighted by Crippen LogP contribution is -2.35. The zero-order valence-corrected chi connectivity index (χ0v) is 16.1. The molecule has 3 aromatic carbocycles. The molecule has 0 bridgehead atoms. The Labute approximate surface area is 164 Å². The number of piperidine rings is 1. The summed E-state index contributed by atoms with van der Waals surface area (Å²) in [5, 5.41) is 20.0. The van der Waals surface area contributed by atoms with Crippen molar-refractivity contribution in [2.75, 3.05) is 13.1 Å². The fourth-order valence-corrected chi connectivity index (χ4v) is 4.92. The molecule has 0 aromatic heterocycles. The minimum atomic E-state index is -3.45. The summed E-state index contributed by atoms with van der Waals surface area (Å²) in [6.07, 6.45) is 2.90. The van der Waals surface area contributed by atoms with Gasteiger partial charge in [0.05, 0.1) is 16.3 Å². The van der Waals surface area contributed by atoms with E-state index in [2.05, 4.69) is 10.2 Å². The highest BCUT2D eigenvalue weighted by atomic mass is 32.2. The lowest BCUT2D eigenvalue weighted by Gasteiger charge is -2.25. The van der Waals surface area contributed by atoms with Gasteiger partial charge < -0.3 is 5.11 Å². The van der Waals surface area contributed by atoms with Gasteiger partial charge in [-0.25, -0.2) is 8.42 Å². The number of sulfonamides is 1. The quantitative estimate of drug-likeness (QED) is 0.621. The van der Waals surface area contributed by atoms with Gasteiger partial charge in [0.15, 0.2) is 0 Å². The van der Waals surface area contributed by atoms with Gasteiger partial charge >= 0.3 is 0 Å². The molecular weight excluding hydrogens is 374 g/mol. The lowest BCUT2D eigenvalue weighted by atomic mass is 10.1. The first-order valence-corrected chi connectivity index (χ1v) is 10.7. The Kier molecular flexibility index (Phi) is 5.11. The van der Waals surface area contributed by atoms with E-state index in [0.717, 1.165) is 24.6 Å². The van der Waals surface area contributed by atoms with Crippen LogP contribution in [-0.2, 0) is 10.0 Å². The van der Waals surface area contributed by atoms with E-state index in [1.54, 1.807) is 40.7 Å². The first kappa shape index (κ1) is 18.6. The van der Waals surface area contributed by atoms with Gasteiger partial charge in [-0.3, -0.25) is 0 Å². The Hall–Kier alpha value is -2.77. The van der Waals surface area contributed by atoms with E-state index in [0.29, 0.717) is 29.9 Å². The van der Waals surface area contributed by atoms with Crippen LogP contribution < -0.4 is 0 Å². The molecule has 6 nitrogen and oxygen atoms in total. The maximum Gasteiger partial charge on any atom is 0.243 e. The second-order valence-electron chi connectivity index (χ2n) is 6.81. The smallest absolute Gasteiger partial charge is 0.243 e. The van der Waals surface area contributed by atoms with E-state index in [9.17, 15) is 13.5 Å². The van der Waals surface area contributed by atoms with E-state index in [1.165, 1.54) is 0 Å². The Morgan fingerprint density at radius 1 is 0.786 bits per heavy atom. The predicted octanol–water partition coefficient (Wildman–Crippen LogP) is 5.14. The molecule has 0 radical (unpaired) electrons. The van der Waals surface area contributed by atoms with E-state index < -0.39 is 10.0 Å². The topological polar surface area (TPSA) is 82.3 Å². The molecule has 1 fully saturated rings. The largest absolute Gasteiger partial charge is 0.507 e. The molecule has 0 unspecified atom stereocenters. The van der Waals surface area contributed by atoms with Gasteiger partial charge in [0.25, 0.3) is 0 Å². The van der Waals surface area contributed by atoms with Crippen molar-refractivity contribution >= 4 is 32.2 Å². The van der Waals surface area contributed by atoms with Crippen molar-refractivity contribution in [3.05, 3.63) is 60.7 Å². The highest BCUT2D eigenvalue weighted by Crippen LogP contribution is 2.33. The number of fused-ring (bicyclic) bond motifs is 1. The van der Waals surface area contributed by atoms with Crippen molar-refractivity contribution in [2.24, 2.45) is 10.2 Å². The maximum absolute atomic E-state index is 12.7. The number of phenols is 1. The van der Waals surface area contributed by atoms with E-state index in [1.807, 2.05) is 24.3 Å². The molecule has 1 N–H and O–H groups in total. The summed E-state index contributed by atoms with van der Waals surface area (Å²) < 4.78 is 27.0. The Balaban J connectivity index is 1.58. The number of rotatable bonds is 4. The molecule has 0 atom stereocenters. The Morgan fingerprint density at radius 3 is 2.18 bits per heavy atom. The van der Waals surface area contributed by atoms with Gasteiger partial charge in [-0.15, -0.1) is 5.11 Å². The third-order valence-corrected chi connectivity index (χ3v) is 6.85. The van der Waals surface area contributed by atoms with Crippen LogP contribution in [0.3, 0.4) is 0 Å². The number of azo groups is 1. The molecule has 1 aliphatic rings. The second-order valence-corrected chi connectivity index (χ2v) is 8.75. The minimum absolute atomic E-state index is 0.196. The van der Waals surface area contributed by atoms with Gasteiger partial charge in [-0.2, -0.15) is 9.42 Å². The van der Waals surface area contributed by atoms with Gasteiger partial charge in [-0.1, -0.05) is 30.7 Å². The van der Waals surface area contributed by atoms with E-state index >= 15 is 0 Å². The zero-order chi connectivity index (χ0) is 19.6. The molecule has 7 heteroatoms. The van der Waals surface area contributed by atoms with Crippen LogP contribution in [0.25, 0.3) is 10.8 Å². The van der Waals surface area contributed by atoms with Crippen molar-refractivity contribution in [3.8, 4) is 5.75 Å².